The van der Waals surface area contributed by atoms with Gasteiger partial charge >= 0.3 is 6.18 Å². The van der Waals surface area contributed by atoms with E-state index < -0.39 is 23.5 Å². The molecule has 4 nitrogen and oxygen atoms in total. The third-order valence-electron chi connectivity index (χ3n) is 3.91. The molecule has 0 heterocycles. The predicted octanol–water partition coefficient (Wildman–Crippen LogP) is 4.31. The van der Waals surface area contributed by atoms with Crippen molar-refractivity contribution in [2.75, 3.05) is 25.5 Å². The first kappa shape index (κ1) is 20.7. The van der Waals surface area contributed by atoms with E-state index in [4.69, 9.17) is 4.74 Å². The first-order valence-electron chi connectivity index (χ1n) is 8.24. The molecule has 0 radical (unpaired) electrons. The molecule has 0 unspecified atom stereocenters. The molecular weight excluding hydrogens is 364 g/mol. The number of methoxy groups -OCH3 is 1. The van der Waals surface area contributed by atoms with Crippen molar-refractivity contribution < 1.29 is 27.1 Å². The van der Waals surface area contributed by atoms with Crippen molar-refractivity contribution in [3.63, 3.8) is 0 Å². The number of halogens is 4. The molecule has 2 aromatic carbocycles. The van der Waals surface area contributed by atoms with Crippen LogP contribution in [0.4, 0.5) is 23.2 Å². The molecule has 0 spiro atoms. The van der Waals surface area contributed by atoms with Gasteiger partial charge in [0.25, 0.3) is 0 Å². The summed E-state index contributed by atoms with van der Waals surface area (Å²) in [6.45, 7) is 2.61. The van der Waals surface area contributed by atoms with E-state index in [1.807, 2.05) is 6.92 Å². The second-order valence-corrected chi connectivity index (χ2v) is 5.90. The maximum absolute atomic E-state index is 13.8. The normalized spacial score (nSPS) is 11.5. The van der Waals surface area contributed by atoms with E-state index in [2.05, 4.69) is 5.32 Å². The van der Waals surface area contributed by atoms with E-state index in [0.29, 0.717) is 18.7 Å². The minimum absolute atomic E-state index is 0.0413. The molecule has 27 heavy (non-hydrogen) atoms. The summed E-state index contributed by atoms with van der Waals surface area (Å²) >= 11 is 0. The minimum Gasteiger partial charge on any atom is -0.494 e. The lowest BCUT2D eigenvalue weighted by Gasteiger charge is -2.20. The summed E-state index contributed by atoms with van der Waals surface area (Å²) in [4.78, 5) is 13.9. The van der Waals surface area contributed by atoms with Crippen molar-refractivity contribution in [2.24, 2.45) is 0 Å². The molecule has 0 aromatic heterocycles. The monoisotopic (exact) mass is 384 g/mol. The number of hydrogen-bond donors (Lipinski definition) is 1. The van der Waals surface area contributed by atoms with Gasteiger partial charge in [0.15, 0.2) is 11.6 Å². The van der Waals surface area contributed by atoms with Crippen molar-refractivity contribution in [2.45, 2.75) is 19.6 Å². The van der Waals surface area contributed by atoms with E-state index in [1.165, 1.54) is 31.4 Å². The Balaban J connectivity index is 2.00. The number of hydrogen-bond acceptors (Lipinski definition) is 3. The Labute approximate surface area is 154 Å². The second-order valence-electron chi connectivity index (χ2n) is 5.90. The van der Waals surface area contributed by atoms with Gasteiger partial charge in [0.2, 0.25) is 5.91 Å². The molecule has 0 saturated carbocycles. The zero-order valence-corrected chi connectivity index (χ0v) is 14.9. The van der Waals surface area contributed by atoms with Gasteiger partial charge in [-0.25, -0.2) is 4.39 Å². The van der Waals surface area contributed by atoms with Crippen LogP contribution in [-0.4, -0.2) is 31.0 Å². The lowest BCUT2D eigenvalue weighted by molar-refractivity contribution is -0.137. The summed E-state index contributed by atoms with van der Waals surface area (Å²) in [6, 6.07) is 8.96. The smallest absolute Gasteiger partial charge is 0.416 e. The fraction of sp³-hybridized carbons (Fsp3) is 0.316. The average Bonchev–Trinajstić information content (AvgIpc) is 2.60. The van der Waals surface area contributed by atoms with Gasteiger partial charge in [0.1, 0.15) is 0 Å². The average molecular weight is 384 g/mol. The predicted molar refractivity (Wildman–Crippen MR) is 94.0 cm³/mol. The number of alkyl halides is 3. The molecule has 0 aliphatic carbocycles. The number of nitrogens with zero attached hydrogens (tertiary/aromatic N) is 1. The zero-order valence-electron chi connectivity index (χ0n) is 14.9. The van der Waals surface area contributed by atoms with Crippen LogP contribution in [0.2, 0.25) is 0 Å². The fourth-order valence-corrected chi connectivity index (χ4v) is 2.52. The fourth-order valence-electron chi connectivity index (χ4n) is 2.52. The van der Waals surface area contributed by atoms with Gasteiger partial charge in [0.05, 0.1) is 19.2 Å². The Hall–Kier alpha value is -2.61. The van der Waals surface area contributed by atoms with Crippen molar-refractivity contribution in [1.29, 1.82) is 0 Å². The van der Waals surface area contributed by atoms with Crippen LogP contribution in [0, 0.1) is 5.82 Å². The van der Waals surface area contributed by atoms with Crippen LogP contribution >= 0.6 is 0 Å². The lowest BCUT2D eigenvalue weighted by atomic mass is 10.2. The Morgan fingerprint density at radius 1 is 1.19 bits per heavy atom. The van der Waals surface area contributed by atoms with Crippen molar-refractivity contribution in [1.82, 2.24) is 4.90 Å². The highest BCUT2D eigenvalue weighted by atomic mass is 19.4. The highest BCUT2D eigenvalue weighted by Gasteiger charge is 2.30. The number of likely N-dealkylation sites (N-methyl/N-ethyl adjacent to an activating group) is 1. The molecule has 0 bridgehead atoms. The van der Waals surface area contributed by atoms with E-state index >= 15 is 0 Å². The van der Waals surface area contributed by atoms with Crippen LogP contribution in [0.25, 0.3) is 0 Å². The van der Waals surface area contributed by atoms with Gasteiger partial charge in [-0.1, -0.05) is 19.1 Å². The number of amides is 1. The summed E-state index contributed by atoms with van der Waals surface area (Å²) in [7, 11) is 1.37. The molecule has 146 valence electrons. The van der Waals surface area contributed by atoms with Gasteiger partial charge < -0.3 is 10.1 Å². The number of ether oxygens (including phenoxy) is 1. The zero-order chi connectivity index (χ0) is 20.0. The Kier molecular flexibility index (Phi) is 6.79. The number of carbonyl (C=O) groups is 1. The van der Waals surface area contributed by atoms with Gasteiger partial charge in [-0.05, 0) is 42.4 Å². The Bertz CT molecular complexity index is 794. The molecule has 0 saturated heterocycles. The molecule has 2 aromatic rings. The third-order valence-corrected chi connectivity index (χ3v) is 3.91. The topological polar surface area (TPSA) is 41.6 Å². The summed E-state index contributed by atoms with van der Waals surface area (Å²) in [5.74, 6) is -0.825. The van der Waals surface area contributed by atoms with Crippen LogP contribution < -0.4 is 10.1 Å². The van der Waals surface area contributed by atoms with Gasteiger partial charge in [0, 0.05) is 12.2 Å². The van der Waals surface area contributed by atoms with Crippen LogP contribution in [0.1, 0.15) is 18.1 Å². The number of carbonyl (C=O) groups excluding carboxylic acids is 1. The maximum Gasteiger partial charge on any atom is 0.416 e. The number of nitrogens with one attached hydrogen (secondary N) is 1. The lowest BCUT2D eigenvalue weighted by Crippen LogP contribution is -2.32. The van der Waals surface area contributed by atoms with Crippen molar-refractivity contribution in [3.8, 4) is 5.75 Å². The van der Waals surface area contributed by atoms with Gasteiger partial charge in [-0.2, -0.15) is 13.2 Å². The summed E-state index contributed by atoms with van der Waals surface area (Å²) in [6.07, 6.45) is -4.48. The van der Waals surface area contributed by atoms with E-state index in [1.54, 1.807) is 11.0 Å². The molecule has 0 aliphatic heterocycles. The molecule has 0 atom stereocenters. The van der Waals surface area contributed by atoms with Crippen molar-refractivity contribution >= 4 is 11.6 Å². The van der Waals surface area contributed by atoms with Crippen molar-refractivity contribution in [3.05, 3.63) is 59.4 Å². The third kappa shape index (κ3) is 5.96. The SMILES string of the molecule is CCN(CC(=O)Nc1cccc(C(F)(F)F)c1)Cc1ccc(OC)c(F)c1. The second kappa shape index (κ2) is 8.85. The van der Waals surface area contributed by atoms with Crippen LogP contribution in [0.3, 0.4) is 0 Å². The number of benzene rings is 2. The summed E-state index contributed by atoms with van der Waals surface area (Å²) in [5, 5.41) is 2.46. The molecule has 1 N–H and O–H groups in total. The quantitative estimate of drug-likeness (QED) is 0.723. The Morgan fingerprint density at radius 3 is 2.52 bits per heavy atom. The molecule has 8 heteroatoms. The largest absolute Gasteiger partial charge is 0.494 e. The standard InChI is InChI=1S/C19H20F4N2O2/c1-3-25(11-13-7-8-17(27-2)16(20)9-13)12-18(26)24-15-6-4-5-14(10-15)19(21,22)23/h4-10H,3,11-12H2,1-2H3,(H,24,26). The van der Waals surface area contributed by atoms with Gasteiger partial charge in [-0.3, -0.25) is 9.69 Å². The van der Waals surface area contributed by atoms with Crippen LogP contribution in [0.5, 0.6) is 5.75 Å². The summed E-state index contributed by atoms with van der Waals surface area (Å²) < 4.78 is 56.9. The first-order chi connectivity index (χ1) is 12.7. The van der Waals surface area contributed by atoms with E-state index in [9.17, 15) is 22.4 Å². The molecule has 0 aliphatic rings. The highest BCUT2D eigenvalue weighted by Crippen LogP contribution is 2.30. The number of rotatable bonds is 7. The highest BCUT2D eigenvalue weighted by molar-refractivity contribution is 5.92. The Morgan fingerprint density at radius 2 is 1.93 bits per heavy atom. The summed E-state index contributed by atoms with van der Waals surface area (Å²) in [5.41, 5.74) is -0.107. The van der Waals surface area contributed by atoms with Crippen LogP contribution in [-0.2, 0) is 17.5 Å². The van der Waals surface area contributed by atoms with Gasteiger partial charge in [-0.15, -0.1) is 0 Å². The maximum atomic E-state index is 13.8. The molecule has 0 fully saturated rings. The first-order valence-corrected chi connectivity index (χ1v) is 8.24. The molecular formula is C19H20F4N2O2. The molecule has 2 rings (SSSR count). The molecule has 1 amide bonds. The number of anilines is 1. The van der Waals surface area contributed by atoms with Crippen LogP contribution in [0.15, 0.2) is 42.5 Å². The van der Waals surface area contributed by atoms with E-state index in [-0.39, 0.29) is 18.0 Å². The minimum atomic E-state index is -4.48. The van der Waals surface area contributed by atoms with E-state index in [0.717, 1.165) is 12.1 Å².